The van der Waals surface area contributed by atoms with Crippen LogP contribution in [0.4, 0.5) is 19.2 Å². The summed E-state index contributed by atoms with van der Waals surface area (Å²) in [5.74, 6) is -0.230. The molecule has 4 saturated heterocycles. The fourth-order valence-corrected chi connectivity index (χ4v) is 8.29. The van der Waals surface area contributed by atoms with Crippen LogP contribution >= 0.6 is 0 Å². The normalized spacial score (nSPS) is 20.9. The third-order valence-electron chi connectivity index (χ3n) is 11.8. The van der Waals surface area contributed by atoms with Gasteiger partial charge in [-0.1, -0.05) is 60.7 Å². The largest absolute Gasteiger partial charge is 0.445 e. The van der Waals surface area contributed by atoms with Crippen molar-refractivity contribution in [1.82, 2.24) is 24.9 Å². The fourth-order valence-electron chi connectivity index (χ4n) is 8.29. The highest BCUT2D eigenvalue weighted by Crippen LogP contribution is 2.28. The number of aliphatic hydroxyl groups excluding tert-OH is 1. The number of carbonyl (C=O) groups is 7. The van der Waals surface area contributed by atoms with Crippen molar-refractivity contribution < 1.29 is 57.6 Å². The van der Waals surface area contributed by atoms with Crippen LogP contribution in [0.1, 0.15) is 110 Å². The molecular formula is C49H69N5O12. The van der Waals surface area contributed by atoms with Crippen molar-refractivity contribution in [3.05, 3.63) is 71.8 Å². The van der Waals surface area contributed by atoms with Gasteiger partial charge in [0.2, 0.25) is 5.91 Å². The van der Waals surface area contributed by atoms with E-state index in [-0.39, 0.29) is 80.8 Å². The van der Waals surface area contributed by atoms with E-state index in [9.17, 15) is 38.7 Å². The SMILES string of the molecule is CC(C)(C)OC(=O)N1CC(=O)CCC1C(=O)NC1CCN(C(=O)OCc2ccccc2)CC1.CC(C)(C)OC(=O)N1C[C@@H](O)CCC1C(=O)CC1CCN(C(=O)OCc2ccccc2)CC1. The quantitative estimate of drug-likeness (QED) is 0.255. The number of likely N-dealkylation sites (tertiary alicyclic amines) is 4. The van der Waals surface area contributed by atoms with Gasteiger partial charge in [-0.05, 0) is 104 Å². The van der Waals surface area contributed by atoms with Crippen LogP contribution in [-0.2, 0) is 46.5 Å². The summed E-state index contributed by atoms with van der Waals surface area (Å²) in [5.41, 5.74) is 0.474. The number of hydrogen-bond acceptors (Lipinski definition) is 12. The molecule has 362 valence electrons. The third kappa shape index (κ3) is 16.3. The Kier molecular flexibility index (Phi) is 18.4. The van der Waals surface area contributed by atoms with Crippen molar-refractivity contribution in [2.45, 2.75) is 148 Å². The van der Waals surface area contributed by atoms with Crippen molar-refractivity contribution in [2.24, 2.45) is 5.92 Å². The highest BCUT2D eigenvalue weighted by molar-refractivity contribution is 5.92. The van der Waals surface area contributed by atoms with Crippen molar-refractivity contribution in [1.29, 1.82) is 0 Å². The van der Waals surface area contributed by atoms with Crippen LogP contribution in [0.2, 0.25) is 0 Å². The van der Waals surface area contributed by atoms with Gasteiger partial charge >= 0.3 is 24.4 Å². The number of piperidine rings is 4. The van der Waals surface area contributed by atoms with E-state index in [2.05, 4.69) is 5.32 Å². The number of rotatable bonds is 9. The average Bonchev–Trinajstić information content (AvgIpc) is 3.27. The van der Waals surface area contributed by atoms with E-state index in [0.29, 0.717) is 71.1 Å². The molecule has 2 unspecified atom stereocenters. The second kappa shape index (κ2) is 23.7. The molecule has 0 spiro atoms. The van der Waals surface area contributed by atoms with Gasteiger partial charge in [0.05, 0.1) is 25.2 Å². The number of amides is 5. The van der Waals surface area contributed by atoms with Crippen LogP contribution in [0.15, 0.2) is 60.7 Å². The molecule has 4 aliphatic heterocycles. The maximum atomic E-state index is 13.1. The Hall–Kier alpha value is -5.71. The van der Waals surface area contributed by atoms with E-state index in [1.54, 1.807) is 51.3 Å². The van der Waals surface area contributed by atoms with E-state index < -0.39 is 41.6 Å². The Labute approximate surface area is 388 Å². The van der Waals surface area contributed by atoms with Crippen molar-refractivity contribution in [3.63, 3.8) is 0 Å². The fraction of sp³-hybridized carbons (Fsp3) is 0.612. The van der Waals surface area contributed by atoms with E-state index in [0.717, 1.165) is 11.1 Å². The molecule has 17 heteroatoms. The number of ether oxygens (including phenoxy) is 4. The van der Waals surface area contributed by atoms with E-state index in [4.69, 9.17) is 18.9 Å². The molecule has 2 N–H and O–H groups in total. The number of hydrogen-bond donors (Lipinski definition) is 2. The Bertz CT molecular complexity index is 1950. The molecule has 4 aliphatic rings. The zero-order valence-electron chi connectivity index (χ0n) is 39.4. The predicted molar refractivity (Wildman–Crippen MR) is 243 cm³/mol. The van der Waals surface area contributed by atoms with Gasteiger partial charge in [0.1, 0.15) is 30.5 Å². The van der Waals surface area contributed by atoms with Gasteiger partial charge in [0, 0.05) is 45.1 Å². The summed E-state index contributed by atoms with van der Waals surface area (Å²) in [5, 5.41) is 13.0. The number of ketones is 2. The highest BCUT2D eigenvalue weighted by atomic mass is 16.6. The molecular weight excluding hydrogens is 851 g/mol. The topological polar surface area (TPSA) is 202 Å². The molecule has 2 aromatic carbocycles. The van der Waals surface area contributed by atoms with Crippen molar-refractivity contribution in [3.8, 4) is 0 Å². The van der Waals surface area contributed by atoms with Crippen LogP contribution in [0.3, 0.4) is 0 Å². The van der Waals surface area contributed by atoms with Crippen LogP contribution in [0.25, 0.3) is 0 Å². The van der Waals surface area contributed by atoms with Gasteiger partial charge in [0.25, 0.3) is 0 Å². The Morgan fingerprint density at radius 1 is 0.621 bits per heavy atom. The zero-order chi connectivity index (χ0) is 48.0. The molecule has 66 heavy (non-hydrogen) atoms. The lowest BCUT2D eigenvalue weighted by Crippen LogP contribution is -2.57. The summed E-state index contributed by atoms with van der Waals surface area (Å²) >= 11 is 0. The Morgan fingerprint density at radius 3 is 1.61 bits per heavy atom. The molecule has 0 bridgehead atoms. The molecule has 0 saturated carbocycles. The molecule has 0 radical (unpaired) electrons. The molecule has 4 fully saturated rings. The lowest BCUT2D eigenvalue weighted by molar-refractivity contribution is -0.133. The van der Waals surface area contributed by atoms with E-state index in [1.165, 1.54) is 9.80 Å². The second-order valence-corrected chi connectivity index (χ2v) is 19.5. The molecule has 2 aromatic rings. The van der Waals surface area contributed by atoms with Gasteiger partial charge in [-0.2, -0.15) is 0 Å². The van der Waals surface area contributed by atoms with Crippen molar-refractivity contribution >= 4 is 41.8 Å². The number of aliphatic hydroxyl groups is 1. The summed E-state index contributed by atoms with van der Waals surface area (Å²) in [6.07, 6.45) is 1.84. The zero-order valence-corrected chi connectivity index (χ0v) is 39.4. The maximum Gasteiger partial charge on any atom is 0.411 e. The third-order valence-corrected chi connectivity index (χ3v) is 11.8. The van der Waals surface area contributed by atoms with Gasteiger partial charge in [-0.15, -0.1) is 0 Å². The number of benzene rings is 2. The number of Topliss-reactive ketones (excluding diaryl/α,β-unsaturated/α-hetero) is 2. The van der Waals surface area contributed by atoms with Crippen molar-refractivity contribution in [2.75, 3.05) is 39.3 Å². The first kappa shape index (κ1) is 51.3. The molecule has 0 aromatic heterocycles. The summed E-state index contributed by atoms with van der Waals surface area (Å²) < 4.78 is 21.6. The average molecular weight is 920 g/mol. The highest BCUT2D eigenvalue weighted by Gasteiger charge is 2.40. The minimum Gasteiger partial charge on any atom is -0.445 e. The number of nitrogens with zero attached hydrogens (tertiary/aromatic N) is 4. The van der Waals surface area contributed by atoms with E-state index in [1.807, 2.05) is 60.7 Å². The summed E-state index contributed by atoms with van der Waals surface area (Å²) in [6.45, 7) is 13.0. The monoisotopic (exact) mass is 919 g/mol. The maximum absolute atomic E-state index is 13.1. The summed E-state index contributed by atoms with van der Waals surface area (Å²) in [4.78, 5) is 93.8. The minimum atomic E-state index is -0.744. The Balaban J connectivity index is 0.000000247. The first-order chi connectivity index (χ1) is 31.2. The van der Waals surface area contributed by atoms with Gasteiger partial charge < -0.3 is 39.2 Å². The number of β-amino-alcohol motifs (C(OH)–C–C–N with tert-alkyl or cyclic N) is 1. The smallest absolute Gasteiger partial charge is 0.411 e. The molecule has 6 rings (SSSR count). The standard InChI is InChI=1S/C25H36N2O6.C24H33N3O6/c1-25(2,3)33-24(31)27-16-20(28)9-10-21(27)22(29)15-18-11-13-26(14-12-18)23(30)32-17-19-7-5-4-6-8-19;1-24(2,3)33-23(31)27-15-19(28)9-10-20(27)21(29)25-18-11-13-26(14-12-18)22(30)32-16-17-7-5-4-6-8-17/h4-8,18,20-21,28H,9-17H2,1-3H3;4-8,18,20H,9-16H2,1-3H3,(H,25,29)/t20-,21?;/m0./s1. The number of carbonyl (C=O) groups excluding carboxylic acids is 7. The minimum absolute atomic E-state index is 0.00198. The second-order valence-electron chi connectivity index (χ2n) is 19.5. The van der Waals surface area contributed by atoms with Crippen LogP contribution in [-0.4, -0.2) is 141 Å². The molecule has 4 heterocycles. The van der Waals surface area contributed by atoms with Crippen LogP contribution in [0.5, 0.6) is 0 Å². The van der Waals surface area contributed by atoms with Gasteiger partial charge in [-0.3, -0.25) is 24.2 Å². The first-order valence-electron chi connectivity index (χ1n) is 23.2. The van der Waals surface area contributed by atoms with Gasteiger partial charge in [0.15, 0.2) is 11.6 Å². The molecule has 0 aliphatic carbocycles. The summed E-state index contributed by atoms with van der Waals surface area (Å²) in [7, 11) is 0. The Morgan fingerprint density at radius 2 is 1.11 bits per heavy atom. The first-order valence-corrected chi connectivity index (χ1v) is 23.2. The molecule has 5 amide bonds. The number of nitrogens with one attached hydrogen (secondary N) is 1. The summed E-state index contributed by atoms with van der Waals surface area (Å²) in [6, 6.07) is 17.6. The van der Waals surface area contributed by atoms with E-state index >= 15 is 0 Å². The predicted octanol–water partition coefficient (Wildman–Crippen LogP) is 6.63. The van der Waals surface area contributed by atoms with Crippen LogP contribution < -0.4 is 5.32 Å². The van der Waals surface area contributed by atoms with Gasteiger partial charge in [-0.25, -0.2) is 19.2 Å². The lowest BCUT2D eigenvalue weighted by Gasteiger charge is -2.38. The van der Waals surface area contributed by atoms with Crippen LogP contribution in [0, 0.1) is 5.92 Å². The lowest BCUT2D eigenvalue weighted by atomic mass is 9.87. The molecule has 17 nitrogen and oxygen atoms in total. The molecule has 3 atom stereocenters.